The molecule has 1 aliphatic rings. The van der Waals surface area contributed by atoms with E-state index in [4.69, 9.17) is 0 Å². The molecule has 0 unspecified atom stereocenters. The molecule has 2 N–H and O–H groups in total. The number of aliphatic imine (C=N–C) groups is 1. The van der Waals surface area contributed by atoms with Gasteiger partial charge in [-0.1, -0.05) is 48.5 Å². The Balaban J connectivity index is 0.00000225. The van der Waals surface area contributed by atoms with E-state index in [9.17, 15) is 4.39 Å². The lowest BCUT2D eigenvalue weighted by molar-refractivity contribution is 0.559. The van der Waals surface area contributed by atoms with Crippen LogP contribution < -0.4 is 10.6 Å². The molecule has 0 spiro atoms. The van der Waals surface area contributed by atoms with Gasteiger partial charge in [0.15, 0.2) is 5.96 Å². The fourth-order valence-electron chi connectivity index (χ4n) is 3.03. The summed E-state index contributed by atoms with van der Waals surface area (Å²) in [6, 6.07) is 17.5. The van der Waals surface area contributed by atoms with Crippen molar-refractivity contribution in [1.29, 1.82) is 0 Å². The van der Waals surface area contributed by atoms with E-state index in [-0.39, 0.29) is 35.2 Å². The lowest BCUT2D eigenvalue weighted by Gasteiger charge is -2.19. The first-order valence-corrected chi connectivity index (χ1v) is 8.47. The highest BCUT2D eigenvalue weighted by molar-refractivity contribution is 14.0. The molecule has 2 aromatic rings. The Morgan fingerprint density at radius 1 is 1.04 bits per heavy atom. The molecule has 3 nitrogen and oxygen atoms in total. The maximum absolute atomic E-state index is 14.0. The molecule has 1 fully saturated rings. The molecule has 0 amide bonds. The lowest BCUT2D eigenvalue weighted by Crippen LogP contribution is -2.42. The zero-order valence-electron chi connectivity index (χ0n) is 14.5. The predicted molar refractivity (Wildman–Crippen MR) is 112 cm³/mol. The van der Waals surface area contributed by atoms with E-state index in [0.717, 1.165) is 37.3 Å². The zero-order valence-corrected chi connectivity index (χ0v) is 16.8. The van der Waals surface area contributed by atoms with E-state index in [1.807, 2.05) is 30.3 Å². The lowest BCUT2D eigenvalue weighted by atomic mass is 9.95. The van der Waals surface area contributed by atoms with Gasteiger partial charge in [0.25, 0.3) is 0 Å². The van der Waals surface area contributed by atoms with Crippen LogP contribution in [0.5, 0.6) is 0 Å². The van der Waals surface area contributed by atoms with Crippen LogP contribution in [-0.2, 0) is 11.8 Å². The number of guanidine groups is 1. The number of rotatable bonds is 6. The maximum atomic E-state index is 14.0. The first-order chi connectivity index (χ1) is 11.7. The van der Waals surface area contributed by atoms with Gasteiger partial charge < -0.3 is 10.6 Å². The smallest absolute Gasteiger partial charge is 0.191 e. The van der Waals surface area contributed by atoms with Crippen LogP contribution in [0.25, 0.3) is 0 Å². The Labute approximate surface area is 166 Å². The topological polar surface area (TPSA) is 36.4 Å². The third kappa shape index (κ3) is 5.17. The Hall–Kier alpha value is -1.63. The van der Waals surface area contributed by atoms with Gasteiger partial charge in [0, 0.05) is 25.6 Å². The Bertz CT molecular complexity index is 699. The van der Waals surface area contributed by atoms with Gasteiger partial charge in [0.2, 0.25) is 0 Å². The molecule has 0 atom stereocenters. The third-order valence-electron chi connectivity index (χ3n) is 4.67. The van der Waals surface area contributed by atoms with Crippen LogP contribution in [0.3, 0.4) is 0 Å². The van der Waals surface area contributed by atoms with E-state index in [1.165, 1.54) is 5.56 Å². The molecule has 5 heteroatoms. The summed E-state index contributed by atoms with van der Waals surface area (Å²) < 4.78 is 14.0. The normalized spacial score (nSPS) is 15.2. The Kier molecular flexibility index (Phi) is 7.23. The number of hydrogen-bond acceptors (Lipinski definition) is 1. The molecule has 3 rings (SSSR count). The van der Waals surface area contributed by atoms with Crippen molar-refractivity contribution in [1.82, 2.24) is 10.6 Å². The van der Waals surface area contributed by atoms with Crippen LogP contribution in [-0.4, -0.2) is 26.1 Å². The minimum Gasteiger partial charge on any atom is -0.356 e. The summed E-state index contributed by atoms with van der Waals surface area (Å²) in [4.78, 5) is 4.27. The number of hydrogen-bond donors (Lipinski definition) is 2. The summed E-state index contributed by atoms with van der Waals surface area (Å²) in [7, 11) is 1.76. The summed E-state index contributed by atoms with van der Waals surface area (Å²) in [5, 5.41) is 6.69. The van der Waals surface area contributed by atoms with Gasteiger partial charge in [0.05, 0.1) is 0 Å². The highest BCUT2D eigenvalue weighted by Crippen LogP contribution is 2.48. The molecule has 0 radical (unpaired) electrons. The average molecular weight is 453 g/mol. The van der Waals surface area contributed by atoms with Gasteiger partial charge in [-0.05, 0) is 36.5 Å². The van der Waals surface area contributed by atoms with Crippen molar-refractivity contribution >= 4 is 29.9 Å². The zero-order chi connectivity index (χ0) is 16.8. The summed E-state index contributed by atoms with van der Waals surface area (Å²) in [6.07, 6.45) is 2.98. The van der Waals surface area contributed by atoms with Crippen LogP contribution in [0, 0.1) is 5.82 Å². The van der Waals surface area contributed by atoms with Crippen molar-refractivity contribution in [3.05, 3.63) is 71.5 Å². The third-order valence-corrected chi connectivity index (χ3v) is 4.67. The first-order valence-electron chi connectivity index (χ1n) is 8.47. The molecule has 0 aromatic heterocycles. The molecule has 1 saturated carbocycles. The second-order valence-corrected chi connectivity index (χ2v) is 6.35. The number of benzene rings is 2. The highest BCUT2D eigenvalue weighted by atomic mass is 127. The van der Waals surface area contributed by atoms with E-state index >= 15 is 0 Å². The quantitative estimate of drug-likeness (QED) is 0.396. The van der Waals surface area contributed by atoms with Gasteiger partial charge in [-0.2, -0.15) is 0 Å². The van der Waals surface area contributed by atoms with Crippen LogP contribution in [0.2, 0.25) is 0 Å². The van der Waals surface area contributed by atoms with Crippen LogP contribution in [0.4, 0.5) is 4.39 Å². The second-order valence-electron chi connectivity index (χ2n) is 6.35. The highest BCUT2D eigenvalue weighted by Gasteiger charge is 2.45. The van der Waals surface area contributed by atoms with Crippen LogP contribution >= 0.6 is 24.0 Å². The molecule has 0 bridgehead atoms. The SMILES string of the molecule is CN=C(NCCc1ccccc1)NCC1(c2ccccc2F)CC1.I. The fourth-order valence-corrected chi connectivity index (χ4v) is 3.03. The van der Waals surface area contributed by atoms with E-state index in [0.29, 0.717) is 6.54 Å². The number of nitrogens with zero attached hydrogens (tertiary/aromatic N) is 1. The van der Waals surface area contributed by atoms with E-state index in [1.54, 1.807) is 19.2 Å². The minimum atomic E-state index is -0.108. The summed E-state index contributed by atoms with van der Waals surface area (Å²) in [5.41, 5.74) is 2.03. The van der Waals surface area contributed by atoms with E-state index < -0.39 is 0 Å². The van der Waals surface area contributed by atoms with Gasteiger partial charge in [-0.15, -0.1) is 24.0 Å². The monoisotopic (exact) mass is 453 g/mol. The molecule has 1 aliphatic carbocycles. The molecule has 0 heterocycles. The van der Waals surface area contributed by atoms with Crippen molar-refractivity contribution in [3.8, 4) is 0 Å². The largest absolute Gasteiger partial charge is 0.356 e. The molecule has 0 saturated heterocycles. The van der Waals surface area contributed by atoms with Crippen molar-refractivity contribution in [2.45, 2.75) is 24.7 Å². The molecular formula is C20H25FIN3. The van der Waals surface area contributed by atoms with Crippen molar-refractivity contribution in [2.75, 3.05) is 20.1 Å². The van der Waals surface area contributed by atoms with Gasteiger partial charge in [0.1, 0.15) is 5.82 Å². The molecule has 25 heavy (non-hydrogen) atoms. The first kappa shape index (κ1) is 19.7. The van der Waals surface area contributed by atoms with Crippen LogP contribution in [0.15, 0.2) is 59.6 Å². The number of nitrogens with one attached hydrogen (secondary N) is 2. The maximum Gasteiger partial charge on any atom is 0.191 e. The minimum absolute atomic E-state index is 0. The predicted octanol–water partition coefficient (Wildman–Crippen LogP) is 3.88. The van der Waals surface area contributed by atoms with Crippen molar-refractivity contribution < 1.29 is 4.39 Å². The molecule has 0 aliphatic heterocycles. The van der Waals surface area contributed by atoms with Gasteiger partial charge in [-0.3, -0.25) is 4.99 Å². The Morgan fingerprint density at radius 3 is 2.36 bits per heavy atom. The standard InChI is InChI=1S/C20H24FN3.HI/c1-22-19(23-14-11-16-7-3-2-4-8-16)24-15-20(12-13-20)17-9-5-6-10-18(17)21;/h2-10H,11-15H2,1H3,(H2,22,23,24);1H. The van der Waals surface area contributed by atoms with Gasteiger partial charge in [-0.25, -0.2) is 4.39 Å². The van der Waals surface area contributed by atoms with Crippen LogP contribution in [0.1, 0.15) is 24.0 Å². The molecule has 134 valence electrons. The fraction of sp³-hybridized carbons (Fsp3) is 0.350. The summed E-state index contributed by atoms with van der Waals surface area (Å²) in [5.74, 6) is 0.664. The average Bonchev–Trinajstić information content (AvgIpc) is 3.40. The second kappa shape index (κ2) is 9.17. The van der Waals surface area contributed by atoms with Crippen molar-refractivity contribution in [3.63, 3.8) is 0 Å². The summed E-state index contributed by atoms with van der Waals surface area (Å²) in [6.45, 7) is 1.52. The molecule has 2 aromatic carbocycles. The number of halogens is 2. The van der Waals surface area contributed by atoms with Crippen molar-refractivity contribution in [2.24, 2.45) is 4.99 Å². The summed E-state index contributed by atoms with van der Waals surface area (Å²) >= 11 is 0. The molecular weight excluding hydrogens is 428 g/mol. The van der Waals surface area contributed by atoms with Gasteiger partial charge >= 0.3 is 0 Å². The van der Waals surface area contributed by atoms with E-state index in [2.05, 4.69) is 27.8 Å². The Morgan fingerprint density at radius 2 is 1.72 bits per heavy atom.